The zero-order valence-electron chi connectivity index (χ0n) is 8.47. The Morgan fingerprint density at radius 3 is 2.71 bits per heavy atom. The molecule has 1 N–H and O–H groups in total. The Kier molecular flexibility index (Phi) is 2.11. The van der Waals surface area contributed by atoms with Crippen LogP contribution in [0.4, 0.5) is 0 Å². The van der Waals surface area contributed by atoms with Gasteiger partial charge in [-0.3, -0.25) is 0 Å². The first kappa shape index (κ1) is 8.89. The number of hydrogen-bond donors (Lipinski definition) is 1. The Labute approximate surface area is 84.5 Å². The Bertz CT molecular complexity index is 260. The van der Waals surface area contributed by atoms with Crippen molar-refractivity contribution in [1.29, 1.82) is 0 Å². The summed E-state index contributed by atoms with van der Waals surface area (Å²) in [5, 5.41) is 3.31. The molecule has 3 nitrogen and oxygen atoms in total. The lowest BCUT2D eigenvalue weighted by Gasteiger charge is -2.36. The second-order valence-corrected chi connectivity index (χ2v) is 4.57. The van der Waals surface area contributed by atoms with Gasteiger partial charge in [0.2, 0.25) is 0 Å². The molecular formula is C11H17NO2. The van der Waals surface area contributed by atoms with Gasteiger partial charge in [-0.1, -0.05) is 5.57 Å². The minimum atomic E-state index is 0.0518. The van der Waals surface area contributed by atoms with Crippen LogP contribution in [0.1, 0.15) is 19.3 Å². The van der Waals surface area contributed by atoms with E-state index in [1.807, 2.05) is 0 Å². The molecule has 3 aliphatic rings. The van der Waals surface area contributed by atoms with Gasteiger partial charge >= 0.3 is 0 Å². The van der Waals surface area contributed by atoms with Gasteiger partial charge in [-0.2, -0.15) is 0 Å². The lowest BCUT2D eigenvalue weighted by molar-refractivity contribution is -0.0639. The molecule has 0 radical (unpaired) electrons. The van der Waals surface area contributed by atoms with E-state index in [-0.39, 0.29) is 5.60 Å². The first-order chi connectivity index (χ1) is 6.88. The zero-order chi connectivity index (χ0) is 9.43. The fourth-order valence-electron chi connectivity index (χ4n) is 2.56. The third-order valence-corrected chi connectivity index (χ3v) is 3.59. The van der Waals surface area contributed by atoms with Gasteiger partial charge in [-0.05, 0) is 12.0 Å². The summed E-state index contributed by atoms with van der Waals surface area (Å²) < 4.78 is 11.4. The minimum absolute atomic E-state index is 0.0518. The molecule has 1 atom stereocenters. The second kappa shape index (κ2) is 3.33. The summed E-state index contributed by atoms with van der Waals surface area (Å²) in [6, 6.07) is 0. The highest BCUT2D eigenvalue weighted by Gasteiger charge is 2.39. The van der Waals surface area contributed by atoms with E-state index in [4.69, 9.17) is 9.47 Å². The maximum Gasteiger partial charge on any atom is 0.0973 e. The number of rotatable bonds is 0. The number of hydrogen-bond acceptors (Lipinski definition) is 3. The summed E-state index contributed by atoms with van der Waals surface area (Å²) in [7, 11) is 0. The molecule has 0 bridgehead atoms. The highest BCUT2D eigenvalue weighted by atomic mass is 16.6. The summed E-state index contributed by atoms with van der Waals surface area (Å²) >= 11 is 0. The van der Waals surface area contributed by atoms with Crippen molar-refractivity contribution in [3.63, 3.8) is 0 Å². The third-order valence-electron chi connectivity index (χ3n) is 3.59. The molecule has 78 valence electrons. The predicted octanol–water partition coefficient (Wildman–Crippen LogP) is 0.856. The molecule has 3 heteroatoms. The van der Waals surface area contributed by atoms with Crippen LogP contribution in [0.5, 0.6) is 0 Å². The topological polar surface area (TPSA) is 30.5 Å². The molecule has 3 saturated heterocycles. The molecule has 0 aromatic carbocycles. The third kappa shape index (κ3) is 1.40. The van der Waals surface area contributed by atoms with Crippen molar-refractivity contribution in [3.8, 4) is 0 Å². The molecule has 3 heterocycles. The Hall–Kier alpha value is -0.380. The van der Waals surface area contributed by atoms with Crippen molar-refractivity contribution in [3.05, 3.63) is 11.1 Å². The Morgan fingerprint density at radius 2 is 2.07 bits per heavy atom. The Balaban J connectivity index is 1.77. The fraction of sp³-hybridized carbons (Fsp3) is 0.818. The van der Waals surface area contributed by atoms with E-state index in [1.165, 1.54) is 0 Å². The van der Waals surface area contributed by atoms with Crippen LogP contribution >= 0.6 is 0 Å². The SMILES string of the molecule is C1CC2(CO1)CC(=C1CNC1)CCO2. The summed E-state index contributed by atoms with van der Waals surface area (Å²) in [4.78, 5) is 0. The molecular weight excluding hydrogens is 178 g/mol. The maximum absolute atomic E-state index is 5.90. The molecule has 14 heavy (non-hydrogen) atoms. The fourth-order valence-corrected chi connectivity index (χ4v) is 2.56. The highest BCUT2D eigenvalue weighted by Crippen LogP contribution is 2.37. The van der Waals surface area contributed by atoms with E-state index in [9.17, 15) is 0 Å². The van der Waals surface area contributed by atoms with Crippen LogP contribution < -0.4 is 5.32 Å². The maximum atomic E-state index is 5.90. The largest absolute Gasteiger partial charge is 0.378 e. The molecule has 1 spiro atoms. The van der Waals surface area contributed by atoms with E-state index >= 15 is 0 Å². The van der Waals surface area contributed by atoms with Crippen LogP contribution in [0.2, 0.25) is 0 Å². The normalized spacial score (nSPS) is 37.7. The Morgan fingerprint density at radius 1 is 1.14 bits per heavy atom. The van der Waals surface area contributed by atoms with Crippen LogP contribution in [0.25, 0.3) is 0 Å². The van der Waals surface area contributed by atoms with Gasteiger partial charge in [0.25, 0.3) is 0 Å². The van der Waals surface area contributed by atoms with Crippen LogP contribution in [0.3, 0.4) is 0 Å². The molecule has 3 rings (SSSR count). The standard InChI is InChI=1S/C11H17NO2/c1-3-14-11(2-4-13-8-11)5-9(1)10-6-12-7-10/h12H,1-8H2. The van der Waals surface area contributed by atoms with E-state index in [0.717, 1.165) is 52.2 Å². The number of nitrogens with one attached hydrogen (secondary N) is 1. The minimum Gasteiger partial charge on any atom is -0.378 e. The van der Waals surface area contributed by atoms with E-state index in [0.29, 0.717) is 0 Å². The average Bonchev–Trinajstić information content (AvgIpc) is 2.50. The van der Waals surface area contributed by atoms with Gasteiger partial charge in [0.1, 0.15) is 0 Å². The summed E-state index contributed by atoms with van der Waals surface area (Å²) in [5.41, 5.74) is 3.32. The summed E-state index contributed by atoms with van der Waals surface area (Å²) in [6.45, 7) is 4.78. The van der Waals surface area contributed by atoms with Crippen molar-refractivity contribution < 1.29 is 9.47 Å². The van der Waals surface area contributed by atoms with Gasteiger partial charge in [0.15, 0.2) is 0 Å². The molecule has 0 aliphatic carbocycles. The molecule has 0 saturated carbocycles. The number of ether oxygens (including phenoxy) is 2. The van der Waals surface area contributed by atoms with E-state index in [2.05, 4.69) is 5.32 Å². The van der Waals surface area contributed by atoms with Crippen molar-refractivity contribution in [2.24, 2.45) is 0 Å². The van der Waals surface area contributed by atoms with Crippen LogP contribution in [-0.2, 0) is 9.47 Å². The smallest absolute Gasteiger partial charge is 0.0973 e. The predicted molar refractivity (Wildman–Crippen MR) is 53.2 cm³/mol. The first-order valence-electron chi connectivity index (χ1n) is 5.50. The zero-order valence-corrected chi connectivity index (χ0v) is 8.47. The van der Waals surface area contributed by atoms with Crippen LogP contribution in [0, 0.1) is 0 Å². The van der Waals surface area contributed by atoms with E-state index < -0.39 is 0 Å². The van der Waals surface area contributed by atoms with Gasteiger partial charge in [0.05, 0.1) is 18.8 Å². The van der Waals surface area contributed by atoms with Gasteiger partial charge < -0.3 is 14.8 Å². The first-order valence-corrected chi connectivity index (χ1v) is 5.50. The summed E-state index contributed by atoms with van der Waals surface area (Å²) in [5.74, 6) is 0. The lowest BCUT2D eigenvalue weighted by atomic mass is 9.85. The lowest BCUT2D eigenvalue weighted by Crippen LogP contribution is -2.41. The van der Waals surface area contributed by atoms with Crippen LogP contribution in [0.15, 0.2) is 11.1 Å². The van der Waals surface area contributed by atoms with E-state index in [1.54, 1.807) is 11.1 Å². The molecule has 0 amide bonds. The van der Waals surface area contributed by atoms with Gasteiger partial charge in [-0.25, -0.2) is 0 Å². The van der Waals surface area contributed by atoms with Crippen molar-refractivity contribution in [2.45, 2.75) is 24.9 Å². The van der Waals surface area contributed by atoms with Crippen LogP contribution in [-0.4, -0.2) is 38.5 Å². The monoisotopic (exact) mass is 195 g/mol. The van der Waals surface area contributed by atoms with Crippen molar-refractivity contribution >= 4 is 0 Å². The quantitative estimate of drug-likeness (QED) is 0.581. The molecule has 3 aliphatic heterocycles. The van der Waals surface area contributed by atoms with Crippen molar-refractivity contribution in [2.75, 3.05) is 32.9 Å². The van der Waals surface area contributed by atoms with Crippen molar-refractivity contribution in [1.82, 2.24) is 5.32 Å². The van der Waals surface area contributed by atoms with Gasteiger partial charge in [0, 0.05) is 32.5 Å². The van der Waals surface area contributed by atoms with Gasteiger partial charge in [-0.15, -0.1) is 0 Å². The molecule has 0 aromatic heterocycles. The molecule has 3 fully saturated rings. The average molecular weight is 195 g/mol. The summed E-state index contributed by atoms with van der Waals surface area (Å²) in [6.07, 6.45) is 3.33. The highest BCUT2D eigenvalue weighted by molar-refractivity contribution is 5.26. The molecule has 1 unspecified atom stereocenters. The molecule has 0 aromatic rings. The second-order valence-electron chi connectivity index (χ2n) is 4.57.